The third-order valence-corrected chi connectivity index (χ3v) is 6.79. The molecule has 0 unspecified atom stereocenters. The molecule has 2 aromatic carbocycles. The number of hydrogen-bond acceptors (Lipinski definition) is 3. The van der Waals surface area contributed by atoms with Gasteiger partial charge in [-0.05, 0) is 47.4 Å². The summed E-state index contributed by atoms with van der Waals surface area (Å²) in [5.74, 6) is 0.583. The summed E-state index contributed by atoms with van der Waals surface area (Å²) in [6, 6.07) is 16.7. The number of amides is 1. The van der Waals surface area contributed by atoms with Crippen LogP contribution in [0.25, 0.3) is 11.1 Å². The predicted octanol–water partition coefficient (Wildman–Crippen LogP) is 4.17. The van der Waals surface area contributed by atoms with Crippen molar-refractivity contribution in [3.8, 4) is 11.1 Å². The summed E-state index contributed by atoms with van der Waals surface area (Å²) in [7, 11) is 0. The maximum Gasteiger partial charge on any atom is 0.410 e. The number of likely N-dealkylation sites (tertiary alicyclic amines) is 1. The zero-order valence-corrected chi connectivity index (χ0v) is 15.4. The van der Waals surface area contributed by atoms with Crippen LogP contribution in [0, 0.1) is 5.92 Å². The Hall–Kier alpha value is -2.33. The summed E-state index contributed by atoms with van der Waals surface area (Å²) in [6.07, 6.45) is 3.75. The van der Waals surface area contributed by atoms with Gasteiger partial charge in [0, 0.05) is 12.5 Å². The van der Waals surface area contributed by atoms with Gasteiger partial charge in [-0.3, -0.25) is 4.90 Å². The van der Waals surface area contributed by atoms with Gasteiger partial charge in [-0.2, -0.15) is 0 Å². The molecule has 5 rings (SSSR count). The lowest BCUT2D eigenvalue weighted by Crippen LogP contribution is -2.50. The van der Waals surface area contributed by atoms with Crippen LogP contribution in [-0.4, -0.2) is 41.4 Å². The largest absolute Gasteiger partial charge is 0.448 e. The molecule has 2 bridgehead atoms. The molecule has 1 heterocycles. The molecule has 2 aliphatic carbocycles. The second kappa shape index (κ2) is 6.38. The summed E-state index contributed by atoms with van der Waals surface area (Å²) >= 11 is 0. The zero-order chi connectivity index (χ0) is 18.4. The van der Waals surface area contributed by atoms with E-state index in [0.717, 1.165) is 32.2 Å². The van der Waals surface area contributed by atoms with Gasteiger partial charge < -0.3 is 9.84 Å². The van der Waals surface area contributed by atoms with Crippen molar-refractivity contribution >= 4 is 6.09 Å². The Morgan fingerprint density at radius 2 is 1.78 bits per heavy atom. The van der Waals surface area contributed by atoms with E-state index in [1.165, 1.54) is 22.3 Å². The second-order valence-electron chi connectivity index (χ2n) is 8.26. The van der Waals surface area contributed by atoms with E-state index in [9.17, 15) is 9.90 Å². The van der Waals surface area contributed by atoms with Gasteiger partial charge >= 0.3 is 6.09 Å². The number of aliphatic hydroxyl groups excluding tert-OH is 1. The van der Waals surface area contributed by atoms with E-state index in [4.69, 9.17) is 4.74 Å². The highest BCUT2D eigenvalue weighted by Crippen LogP contribution is 2.46. The van der Waals surface area contributed by atoms with Crippen LogP contribution >= 0.6 is 0 Å². The molecule has 1 saturated heterocycles. The van der Waals surface area contributed by atoms with Gasteiger partial charge in [0.25, 0.3) is 0 Å². The molecule has 0 radical (unpaired) electrons. The van der Waals surface area contributed by atoms with E-state index in [1.807, 2.05) is 17.0 Å². The molecule has 2 aromatic rings. The minimum atomic E-state index is -0.397. The first-order valence-corrected chi connectivity index (χ1v) is 9.95. The van der Waals surface area contributed by atoms with Gasteiger partial charge in [0.1, 0.15) is 6.61 Å². The summed E-state index contributed by atoms with van der Waals surface area (Å²) in [4.78, 5) is 14.7. The Labute approximate surface area is 159 Å². The summed E-state index contributed by atoms with van der Waals surface area (Å²) in [5, 5.41) is 9.98. The minimum Gasteiger partial charge on any atom is -0.448 e. The fourth-order valence-electron chi connectivity index (χ4n) is 5.48. The van der Waals surface area contributed by atoms with E-state index in [0.29, 0.717) is 12.5 Å². The van der Waals surface area contributed by atoms with Crippen molar-refractivity contribution in [3.05, 3.63) is 59.7 Å². The van der Waals surface area contributed by atoms with Crippen molar-refractivity contribution in [2.75, 3.05) is 19.8 Å². The topological polar surface area (TPSA) is 49.8 Å². The highest BCUT2D eigenvalue weighted by molar-refractivity contribution is 5.79. The Kier molecular flexibility index (Phi) is 3.97. The Bertz CT molecular complexity index is 834. The number of hydrogen-bond donors (Lipinski definition) is 1. The van der Waals surface area contributed by atoms with Crippen molar-refractivity contribution in [1.82, 2.24) is 4.90 Å². The maximum absolute atomic E-state index is 12.9. The SMILES string of the molecule is O=C(OCC1c2ccccc2-c2ccccc21)N1C[C@H]2CCC[C@]1(CO)C2. The van der Waals surface area contributed by atoms with Crippen molar-refractivity contribution in [2.24, 2.45) is 5.92 Å². The number of carbonyl (C=O) groups excluding carboxylic acids is 1. The van der Waals surface area contributed by atoms with Crippen LogP contribution < -0.4 is 0 Å². The summed E-state index contributed by atoms with van der Waals surface area (Å²) in [6.45, 7) is 1.10. The standard InChI is InChI=1S/C23H25NO3/c25-15-23-11-5-6-16(12-23)13-24(23)22(26)27-14-21-19-9-3-1-7-17(19)18-8-2-4-10-20(18)21/h1-4,7-10,16,21,25H,5-6,11-15H2/t16-,23+/m0/s1. The molecule has 0 aromatic heterocycles. The second-order valence-corrected chi connectivity index (χ2v) is 8.26. The van der Waals surface area contributed by atoms with Crippen molar-refractivity contribution in [2.45, 2.75) is 37.1 Å². The highest BCUT2D eigenvalue weighted by atomic mass is 16.6. The molecule has 2 fully saturated rings. The third-order valence-electron chi connectivity index (χ3n) is 6.79. The van der Waals surface area contributed by atoms with Gasteiger partial charge in [0.15, 0.2) is 0 Å². The number of benzene rings is 2. The Balaban J connectivity index is 1.37. The van der Waals surface area contributed by atoms with Crippen LogP contribution in [0.5, 0.6) is 0 Å². The lowest BCUT2D eigenvalue weighted by molar-refractivity contribution is 0.0332. The molecule has 140 valence electrons. The van der Waals surface area contributed by atoms with Crippen LogP contribution in [0.15, 0.2) is 48.5 Å². The first kappa shape index (κ1) is 16.8. The number of nitrogens with zero attached hydrogens (tertiary/aromatic N) is 1. The molecule has 4 heteroatoms. The Morgan fingerprint density at radius 3 is 2.44 bits per heavy atom. The lowest BCUT2D eigenvalue weighted by Gasteiger charge is -2.37. The molecule has 1 aliphatic heterocycles. The van der Waals surface area contributed by atoms with Crippen LogP contribution in [-0.2, 0) is 4.74 Å². The van der Waals surface area contributed by atoms with E-state index < -0.39 is 5.54 Å². The quantitative estimate of drug-likeness (QED) is 0.890. The molecule has 4 nitrogen and oxygen atoms in total. The van der Waals surface area contributed by atoms with Crippen LogP contribution in [0.1, 0.15) is 42.7 Å². The number of fused-ring (bicyclic) bond motifs is 5. The van der Waals surface area contributed by atoms with Gasteiger partial charge in [0.2, 0.25) is 0 Å². The molecular weight excluding hydrogens is 338 g/mol. The molecule has 2 atom stereocenters. The predicted molar refractivity (Wildman–Crippen MR) is 104 cm³/mol. The molecule has 1 saturated carbocycles. The molecule has 27 heavy (non-hydrogen) atoms. The smallest absolute Gasteiger partial charge is 0.410 e. The monoisotopic (exact) mass is 363 g/mol. The average molecular weight is 363 g/mol. The zero-order valence-electron chi connectivity index (χ0n) is 15.4. The number of rotatable bonds is 3. The van der Waals surface area contributed by atoms with Gasteiger partial charge in [0.05, 0.1) is 12.1 Å². The van der Waals surface area contributed by atoms with E-state index in [-0.39, 0.29) is 18.6 Å². The fraction of sp³-hybridized carbons (Fsp3) is 0.435. The maximum atomic E-state index is 12.9. The number of ether oxygens (including phenoxy) is 1. The van der Waals surface area contributed by atoms with E-state index >= 15 is 0 Å². The third kappa shape index (κ3) is 2.58. The lowest BCUT2D eigenvalue weighted by atomic mass is 9.80. The summed E-state index contributed by atoms with van der Waals surface area (Å²) < 4.78 is 5.83. The number of aliphatic hydroxyl groups is 1. The van der Waals surface area contributed by atoms with Crippen LogP contribution in [0.2, 0.25) is 0 Å². The molecule has 1 amide bonds. The van der Waals surface area contributed by atoms with Crippen molar-refractivity contribution < 1.29 is 14.6 Å². The Morgan fingerprint density at radius 1 is 1.11 bits per heavy atom. The molecule has 0 spiro atoms. The number of carbonyl (C=O) groups is 1. The first-order chi connectivity index (χ1) is 13.2. The van der Waals surface area contributed by atoms with E-state index in [1.54, 1.807) is 0 Å². The van der Waals surface area contributed by atoms with Gasteiger partial charge in [-0.1, -0.05) is 55.0 Å². The first-order valence-electron chi connectivity index (χ1n) is 9.95. The van der Waals surface area contributed by atoms with Crippen LogP contribution in [0.3, 0.4) is 0 Å². The van der Waals surface area contributed by atoms with Gasteiger partial charge in [-0.15, -0.1) is 0 Å². The van der Waals surface area contributed by atoms with E-state index in [2.05, 4.69) is 36.4 Å². The molecule has 3 aliphatic rings. The van der Waals surface area contributed by atoms with Gasteiger partial charge in [-0.25, -0.2) is 4.79 Å². The van der Waals surface area contributed by atoms with Crippen molar-refractivity contribution in [3.63, 3.8) is 0 Å². The van der Waals surface area contributed by atoms with Crippen LogP contribution in [0.4, 0.5) is 4.79 Å². The highest BCUT2D eigenvalue weighted by Gasteiger charge is 2.50. The normalized spacial score (nSPS) is 26.0. The molecule has 1 N–H and O–H groups in total. The molecular formula is C23H25NO3. The summed E-state index contributed by atoms with van der Waals surface area (Å²) in [5.41, 5.74) is 4.52. The average Bonchev–Trinajstić information content (AvgIpc) is 3.18. The van der Waals surface area contributed by atoms with Crippen molar-refractivity contribution in [1.29, 1.82) is 0 Å². The minimum absolute atomic E-state index is 0.0354. The fourth-order valence-corrected chi connectivity index (χ4v) is 5.48.